The second kappa shape index (κ2) is 5.64. The zero-order valence-electron chi connectivity index (χ0n) is 12.8. The molecule has 3 fully saturated rings. The zero-order chi connectivity index (χ0) is 14.2. The Bertz CT molecular complexity index is 365. The molecule has 4 atom stereocenters. The summed E-state index contributed by atoms with van der Waals surface area (Å²) in [5.41, 5.74) is -0.600. The maximum absolute atomic E-state index is 12.7. The molecule has 114 valence electrons. The van der Waals surface area contributed by atoms with Gasteiger partial charge in [0, 0.05) is 13.2 Å². The van der Waals surface area contributed by atoms with E-state index in [1.807, 2.05) is 0 Å². The second-order valence-electron chi connectivity index (χ2n) is 7.05. The number of rotatable bonds is 4. The number of amides is 1. The molecule has 1 amide bonds. The third-order valence-corrected chi connectivity index (χ3v) is 6.01. The fraction of sp³-hybridized carbons (Fsp3) is 0.938. The van der Waals surface area contributed by atoms with E-state index >= 15 is 0 Å². The lowest BCUT2D eigenvalue weighted by atomic mass is 9.83. The van der Waals surface area contributed by atoms with Crippen molar-refractivity contribution in [3.8, 4) is 0 Å². The van der Waals surface area contributed by atoms with E-state index < -0.39 is 5.60 Å². The molecule has 2 saturated carbocycles. The Hall–Kier alpha value is -0.610. The molecular weight excluding hydrogens is 252 g/mol. The number of ether oxygens (including phenoxy) is 1. The first-order valence-corrected chi connectivity index (χ1v) is 8.21. The topological polar surface area (TPSA) is 50.4 Å². The van der Waals surface area contributed by atoms with E-state index in [2.05, 4.69) is 17.6 Å². The minimum Gasteiger partial charge on any atom is -0.368 e. The normalized spacial score (nSPS) is 36.8. The van der Waals surface area contributed by atoms with Crippen LogP contribution in [0.3, 0.4) is 0 Å². The van der Waals surface area contributed by atoms with Gasteiger partial charge in [0.05, 0.1) is 0 Å². The molecule has 3 aliphatic rings. The summed E-state index contributed by atoms with van der Waals surface area (Å²) in [6.45, 7) is 3.92. The van der Waals surface area contributed by atoms with E-state index in [1.54, 1.807) is 7.11 Å². The molecule has 0 aromatic carbocycles. The van der Waals surface area contributed by atoms with Crippen LogP contribution < -0.4 is 10.6 Å². The van der Waals surface area contributed by atoms with Crippen molar-refractivity contribution < 1.29 is 9.53 Å². The number of nitrogens with one attached hydrogen (secondary N) is 2. The molecule has 2 N–H and O–H groups in total. The van der Waals surface area contributed by atoms with Crippen LogP contribution in [-0.4, -0.2) is 37.7 Å². The maximum Gasteiger partial charge on any atom is 0.252 e. The lowest BCUT2D eigenvalue weighted by molar-refractivity contribution is -0.147. The minimum absolute atomic E-state index is 0.108. The van der Waals surface area contributed by atoms with Crippen molar-refractivity contribution in [2.45, 2.75) is 57.1 Å². The summed E-state index contributed by atoms with van der Waals surface area (Å²) in [7, 11) is 1.67. The average Bonchev–Trinajstić information content (AvgIpc) is 3.10. The van der Waals surface area contributed by atoms with Crippen molar-refractivity contribution in [2.24, 2.45) is 17.8 Å². The molecule has 0 aromatic rings. The van der Waals surface area contributed by atoms with Gasteiger partial charge in [0.25, 0.3) is 5.91 Å². The Labute approximate surface area is 122 Å². The lowest BCUT2D eigenvalue weighted by Crippen LogP contribution is -2.56. The van der Waals surface area contributed by atoms with E-state index in [0.29, 0.717) is 12.0 Å². The first-order chi connectivity index (χ1) is 9.64. The van der Waals surface area contributed by atoms with Crippen molar-refractivity contribution in [1.82, 2.24) is 10.6 Å². The molecule has 4 unspecified atom stereocenters. The minimum atomic E-state index is -0.600. The summed E-state index contributed by atoms with van der Waals surface area (Å²) < 4.78 is 5.61. The van der Waals surface area contributed by atoms with Crippen molar-refractivity contribution in [1.29, 1.82) is 0 Å². The highest BCUT2D eigenvalue weighted by molar-refractivity contribution is 5.85. The Kier molecular flexibility index (Phi) is 4.04. The van der Waals surface area contributed by atoms with Gasteiger partial charge in [-0.25, -0.2) is 0 Å². The third-order valence-electron chi connectivity index (χ3n) is 6.01. The highest BCUT2D eigenvalue weighted by atomic mass is 16.5. The summed E-state index contributed by atoms with van der Waals surface area (Å²) >= 11 is 0. The van der Waals surface area contributed by atoms with Crippen molar-refractivity contribution in [2.75, 3.05) is 20.2 Å². The summed E-state index contributed by atoms with van der Waals surface area (Å²) in [6.07, 6.45) is 7.04. The number of carbonyl (C=O) groups is 1. The van der Waals surface area contributed by atoms with Gasteiger partial charge >= 0.3 is 0 Å². The lowest BCUT2D eigenvalue weighted by Gasteiger charge is -2.37. The Morgan fingerprint density at radius 1 is 1.30 bits per heavy atom. The second-order valence-corrected chi connectivity index (χ2v) is 7.05. The van der Waals surface area contributed by atoms with Gasteiger partial charge < -0.3 is 15.4 Å². The molecule has 2 aliphatic carbocycles. The molecule has 4 nitrogen and oxygen atoms in total. The smallest absolute Gasteiger partial charge is 0.252 e. The Balaban J connectivity index is 1.60. The van der Waals surface area contributed by atoms with E-state index in [0.717, 1.165) is 37.8 Å². The van der Waals surface area contributed by atoms with Crippen LogP contribution in [0.4, 0.5) is 0 Å². The number of piperidine rings is 1. The molecule has 1 aliphatic heterocycles. The molecule has 2 bridgehead atoms. The van der Waals surface area contributed by atoms with Crippen LogP contribution in [0.25, 0.3) is 0 Å². The predicted molar refractivity (Wildman–Crippen MR) is 78.4 cm³/mol. The fourth-order valence-electron chi connectivity index (χ4n) is 4.71. The molecule has 0 spiro atoms. The molecule has 20 heavy (non-hydrogen) atoms. The van der Waals surface area contributed by atoms with Crippen LogP contribution in [0.1, 0.15) is 45.4 Å². The zero-order valence-corrected chi connectivity index (χ0v) is 12.8. The van der Waals surface area contributed by atoms with E-state index in [1.165, 1.54) is 25.7 Å². The van der Waals surface area contributed by atoms with Gasteiger partial charge in [0.15, 0.2) is 0 Å². The van der Waals surface area contributed by atoms with Gasteiger partial charge in [-0.2, -0.15) is 0 Å². The average molecular weight is 280 g/mol. The van der Waals surface area contributed by atoms with Crippen LogP contribution in [0.5, 0.6) is 0 Å². The molecule has 3 rings (SSSR count). The molecule has 0 radical (unpaired) electrons. The monoisotopic (exact) mass is 280 g/mol. The Morgan fingerprint density at radius 2 is 2.05 bits per heavy atom. The number of methoxy groups -OCH3 is 1. The highest BCUT2D eigenvalue weighted by Crippen LogP contribution is 2.49. The predicted octanol–water partition coefficient (Wildman–Crippen LogP) is 1.70. The van der Waals surface area contributed by atoms with Crippen LogP contribution >= 0.6 is 0 Å². The SMILES string of the molecule is COC1(C(=O)NC(C)C2CC3CCC2C3)CCNCC1. The van der Waals surface area contributed by atoms with Crippen molar-refractivity contribution in [3.63, 3.8) is 0 Å². The van der Waals surface area contributed by atoms with Gasteiger partial charge in [-0.1, -0.05) is 6.42 Å². The van der Waals surface area contributed by atoms with E-state index in [-0.39, 0.29) is 5.91 Å². The summed E-state index contributed by atoms with van der Waals surface area (Å²) in [4.78, 5) is 12.7. The number of carbonyl (C=O) groups excluding carboxylic acids is 1. The number of fused-ring (bicyclic) bond motifs is 2. The van der Waals surface area contributed by atoms with Gasteiger partial charge in [0.1, 0.15) is 5.60 Å². The van der Waals surface area contributed by atoms with Gasteiger partial charge in [0.2, 0.25) is 0 Å². The first-order valence-electron chi connectivity index (χ1n) is 8.21. The Morgan fingerprint density at radius 3 is 2.60 bits per heavy atom. The standard InChI is InChI=1S/C16H28N2O2/c1-11(14-10-12-3-4-13(14)9-12)18-15(19)16(20-2)5-7-17-8-6-16/h11-14,17H,3-10H2,1-2H3,(H,18,19). The number of hydrogen-bond acceptors (Lipinski definition) is 3. The van der Waals surface area contributed by atoms with Crippen molar-refractivity contribution in [3.05, 3.63) is 0 Å². The van der Waals surface area contributed by atoms with Gasteiger partial charge in [-0.05, 0) is 69.9 Å². The quantitative estimate of drug-likeness (QED) is 0.824. The molecule has 4 heteroatoms. The summed E-state index contributed by atoms with van der Waals surface area (Å²) in [5, 5.41) is 6.58. The maximum atomic E-state index is 12.7. The molecular formula is C16H28N2O2. The summed E-state index contributed by atoms with van der Waals surface area (Å²) in [5.74, 6) is 2.58. The van der Waals surface area contributed by atoms with Crippen LogP contribution in [0.15, 0.2) is 0 Å². The van der Waals surface area contributed by atoms with Crippen LogP contribution in [0, 0.1) is 17.8 Å². The molecule has 1 heterocycles. The largest absolute Gasteiger partial charge is 0.368 e. The van der Waals surface area contributed by atoms with Gasteiger partial charge in [-0.15, -0.1) is 0 Å². The summed E-state index contributed by atoms with van der Waals surface area (Å²) in [6, 6.07) is 0.291. The molecule has 1 saturated heterocycles. The fourth-order valence-corrected chi connectivity index (χ4v) is 4.71. The molecule has 0 aromatic heterocycles. The van der Waals surface area contributed by atoms with Gasteiger partial charge in [-0.3, -0.25) is 4.79 Å². The number of hydrogen-bond donors (Lipinski definition) is 2. The van der Waals surface area contributed by atoms with Crippen LogP contribution in [-0.2, 0) is 9.53 Å². The highest BCUT2D eigenvalue weighted by Gasteiger charge is 2.45. The van der Waals surface area contributed by atoms with E-state index in [9.17, 15) is 4.79 Å². The van der Waals surface area contributed by atoms with E-state index in [4.69, 9.17) is 4.74 Å². The van der Waals surface area contributed by atoms with Crippen LogP contribution in [0.2, 0.25) is 0 Å². The first kappa shape index (κ1) is 14.3. The van der Waals surface area contributed by atoms with Crippen molar-refractivity contribution >= 4 is 5.91 Å². The third kappa shape index (κ3) is 2.48.